The van der Waals surface area contributed by atoms with E-state index in [1.54, 1.807) is 8.61 Å². The van der Waals surface area contributed by atoms with Gasteiger partial charge in [-0.25, -0.2) is 0 Å². The van der Waals surface area contributed by atoms with E-state index in [0.29, 0.717) is 26.2 Å². The minimum atomic E-state index is -3.23. The van der Waals surface area contributed by atoms with Crippen LogP contribution in [0.5, 0.6) is 0 Å². The van der Waals surface area contributed by atoms with Crippen LogP contribution in [0.15, 0.2) is 12.3 Å². The molecule has 0 atom stereocenters. The van der Waals surface area contributed by atoms with Gasteiger partial charge >= 0.3 is 0 Å². The first-order valence-corrected chi connectivity index (χ1v) is 9.43. The molecule has 1 aromatic heterocycles. The van der Waals surface area contributed by atoms with E-state index in [4.69, 9.17) is 0 Å². The molecule has 0 amide bonds. The van der Waals surface area contributed by atoms with Gasteiger partial charge in [0.1, 0.15) is 0 Å². The first-order chi connectivity index (χ1) is 10.6. The number of aryl methyl sites for hydroxylation is 1. The van der Waals surface area contributed by atoms with Gasteiger partial charge < -0.3 is 0 Å². The molecule has 124 valence electrons. The lowest BCUT2D eigenvalue weighted by molar-refractivity contribution is 0.175. The van der Waals surface area contributed by atoms with Crippen molar-refractivity contribution in [2.45, 2.75) is 26.3 Å². The zero-order chi connectivity index (χ0) is 15.6. The summed E-state index contributed by atoms with van der Waals surface area (Å²) in [6.45, 7) is 7.90. The molecule has 22 heavy (non-hydrogen) atoms. The van der Waals surface area contributed by atoms with Gasteiger partial charge in [-0.2, -0.15) is 22.1 Å². The Morgan fingerprint density at radius 2 is 1.64 bits per heavy atom. The molecule has 2 aliphatic rings. The number of hydrogen-bond acceptors (Lipinski definition) is 4. The number of nitrogens with zero attached hydrogens (tertiary/aromatic N) is 5. The smallest absolute Gasteiger partial charge is 0.282 e. The number of rotatable bonds is 5. The molecular formula is C14H25N5O2S. The van der Waals surface area contributed by atoms with E-state index in [1.165, 1.54) is 0 Å². The van der Waals surface area contributed by atoms with Crippen LogP contribution in [0.1, 0.15) is 18.5 Å². The molecule has 0 unspecified atom stereocenters. The minimum absolute atomic E-state index is 0.594. The monoisotopic (exact) mass is 327 g/mol. The van der Waals surface area contributed by atoms with E-state index < -0.39 is 10.2 Å². The quantitative estimate of drug-likeness (QED) is 0.772. The molecule has 8 heteroatoms. The average Bonchev–Trinajstić information content (AvgIpc) is 3.17. The minimum Gasteiger partial charge on any atom is -0.299 e. The first-order valence-electron chi connectivity index (χ1n) is 8.03. The maximum absolute atomic E-state index is 12.5. The maximum Gasteiger partial charge on any atom is 0.282 e. The predicted octanol–water partition coefficient (Wildman–Crippen LogP) is 0.150. The van der Waals surface area contributed by atoms with Crippen molar-refractivity contribution in [3.8, 4) is 0 Å². The van der Waals surface area contributed by atoms with E-state index in [9.17, 15) is 8.42 Å². The highest BCUT2D eigenvalue weighted by Gasteiger charge is 2.33. The maximum atomic E-state index is 12.5. The van der Waals surface area contributed by atoms with Crippen LogP contribution >= 0.6 is 0 Å². The lowest BCUT2D eigenvalue weighted by Crippen LogP contribution is -2.52. The van der Waals surface area contributed by atoms with E-state index >= 15 is 0 Å². The molecule has 3 heterocycles. The highest BCUT2D eigenvalue weighted by Crippen LogP contribution is 2.18. The molecule has 1 aromatic rings. The topological polar surface area (TPSA) is 61.7 Å². The lowest BCUT2D eigenvalue weighted by atomic mass is 10.3. The SMILES string of the molecule is Cc1ccn(CCN2CCN(S(=O)(=O)N3CCCC3)CC2)n1. The second kappa shape index (κ2) is 6.66. The van der Waals surface area contributed by atoms with Crippen molar-refractivity contribution in [3.05, 3.63) is 18.0 Å². The summed E-state index contributed by atoms with van der Waals surface area (Å²) in [7, 11) is -3.23. The van der Waals surface area contributed by atoms with Crippen molar-refractivity contribution in [3.63, 3.8) is 0 Å². The van der Waals surface area contributed by atoms with Crippen molar-refractivity contribution >= 4 is 10.2 Å². The number of aromatic nitrogens is 2. The second-order valence-electron chi connectivity index (χ2n) is 6.07. The third-order valence-corrected chi connectivity index (χ3v) is 6.50. The molecule has 0 N–H and O–H groups in total. The van der Waals surface area contributed by atoms with Gasteiger partial charge in [-0.3, -0.25) is 9.58 Å². The summed E-state index contributed by atoms with van der Waals surface area (Å²) >= 11 is 0. The van der Waals surface area contributed by atoms with Gasteiger partial charge in [0.05, 0.1) is 12.2 Å². The Hall–Kier alpha value is -0.960. The van der Waals surface area contributed by atoms with Crippen molar-refractivity contribution in [2.24, 2.45) is 0 Å². The van der Waals surface area contributed by atoms with E-state index in [2.05, 4.69) is 10.00 Å². The average molecular weight is 327 g/mol. The molecule has 2 saturated heterocycles. The molecule has 0 bridgehead atoms. The zero-order valence-corrected chi connectivity index (χ0v) is 14.0. The zero-order valence-electron chi connectivity index (χ0n) is 13.2. The fourth-order valence-electron chi connectivity index (χ4n) is 3.10. The van der Waals surface area contributed by atoms with Crippen LogP contribution in [0, 0.1) is 6.92 Å². The third-order valence-electron chi connectivity index (χ3n) is 4.47. The summed E-state index contributed by atoms with van der Waals surface area (Å²) in [5.41, 5.74) is 1.03. The van der Waals surface area contributed by atoms with Crippen LogP contribution in [0.25, 0.3) is 0 Å². The fourth-order valence-corrected chi connectivity index (χ4v) is 4.77. The van der Waals surface area contributed by atoms with E-state index in [0.717, 1.165) is 44.7 Å². The summed E-state index contributed by atoms with van der Waals surface area (Å²) in [5, 5.41) is 4.38. The normalized spacial score (nSPS) is 22.4. The van der Waals surface area contributed by atoms with Crippen LogP contribution in [0.2, 0.25) is 0 Å². The molecule has 2 fully saturated rings. The molecular weight excluding hydrogens is 302 g/mol. The van der Waals surface area contributed by atoms with Crippen molar-refractivity contribution < 1.29 is 8.42 Å². The number of piperazine rings is 1. The van der Waals surface area contributed by atoms with Crippen LogP contribution in [-0.2, 0) is 16.8 Å². The Morgan fingerprint density at radius 1 is 1.00 bits per heavy atom. The van der Waals surface area contributed by atoms with Crippen molar-refractivity contribution in [2.75, 3.05) is 45.8 Å². The largest absolute Gasteiger partial charge is 0.299 e. The Labute approximate surface area is 132 Å². The molecule has 0 radical (unpaired) electrons. The van der Waals surface area contributed by atoms with Gasteiger partial charge in [0.2, 0.25) is 0 Å². The van der Waals surface area contributed by atoms with Crippen LogP contribution in [0.4, 0.5) is 0 Å². The number of hydrogen-bond donors (Lipinski definition) is 0. The van der Waals surface area contributed by atoms with Gasteiger partial charge in [0.15, 0.2) is 0 Å². The summed E-state index contributed by atoms with van der Waals surface area (Å²) in [5.74, 6) is 0. The Kier molecular flexibility index (Phi) is 4.82. The van der Waals surface area contributed by atoms with Gasteiger partial charge in [-0.05, 0) is 25.8 Å². The fraction of sp³-hybridized carbons (Fsp3) is 0.786. The summed E-state index contributed by atoms with van der Waals surface area (Å²) in [6, 6.07) is 2.00. The molecule has 0 saturated carbocycles. The van der Waals surface area contributed by atoms with Crippen LogP contribution in [0.3, 0.4) is 0 Å². The summed E-state index contributed by atoms with van der Waals surface area (Å²) < 4.78 is 30.2. The molecule has 7 nitrogen and oxygen atoms in total. The van der Waals surface area contributed by atoms with Gasteiger partial charge in [-0.15, -0.1) is 0 Å². The van der Waals surface area contributed by atoms with E-state index in [-0.39, 0.29) is 0 Å². The lowest BCUT2D eigenvalue weighted by Gasteiger charge is -2.35. The molecule has 0 aromatic carbocycles. The molecule has 0 spiro atoms. The first kappa shape index (κ1) is 15.9. The molecule has 0 aliphatic carbocycles. The van der Waals surface area contributed by atoms with Crippen LogP contribution < -0.4 is 0 Å². The standard InChI is InChI=1S/C14H25N5O2S/c1-14-4-7-17(15-14)11-8-16-9-12-19(13-10-16)22(20,21)18-5-2-3-6-18/h4,7H,2-3,5-6,8-13H2,1H3. The highest BCUT2D eigenvalue weighted by atomic mass is 32.2. The second-order valence-corrected chi connectivity index (χ2v) is 8.00. The molecule has 3 rings (SSSR count). The highest BCUT2D eigenvalue weighted by molar-refractivity contribution is 7.86. The van der Waals surface area contributed by atoms with E-state index in [1.807, 2.05) is 23.9 Å². The summed E-state index contributed by atoms with van der Waals surface area (Å²) in [4.78, 5) is 2.31. The Balaban J connectivity index is 1.47. The Bertz CT molecular complexity index is 586. The van der Waals surface area contributed by atoms with Crippen molar-refractivity contribution in [1.29, 1.82) is 0 Å². The Morgan fingerprint density at radius 3 is 2.23 bits per heavy atom. The predicted molar refractivity (Wildman–Crippen MR) is 84.7 cm³/mol. The van der Waals surface area contributed by atoms with Gasteiger partial charge in [0, 0.05) is 52.0 Å². The van der Waals surface area contributed by atoms with Crippen molar-refractivity contribution in [1.82, 2.24) is 23.3 Å². The van der Waals surface area contributed by atoms with Crippen LogP contribution in [-0.4, -0.2) is 77.5 Å². The van der Waals surface area contributed by atoms with Gasteiger partial charge in [0.25, 0.3) is 10.2 Å². The third kappa shape index (κ3) is 3.51. The molecule has 2 aliphatic heterocycles. The summed E-state index contributed by atoms with van der Waals surface area (Å²) in [6.07, 6.45) is 3.97. The van der Waals surface area contributed by atoms with Gasteiger partial charge in [-0.1, -0.05) is 0 Å².